The number of alkyl halides is 2. The summed E-state index contributed by atoms with van der Waals surface area (Å²) >= 11 is 0. The van der Waals surface area contributed by atoms with Crippen LogP contribution in [0, 0.1) is 5.92 Å². The van der Waals surface area contributed by atoms with Crippen LogP contribution in [0.15, 0.2) is 29.3 Å². The number of benzene rings is 1. The Balaban J connectivity index is 0.00000242. The fourth-order valence-corrected chi connectivity index (χ4v) is 2.51. The molecule has 0 radical (unpaired) electrons. The minimum Gasteiger partial charge on any atom is -0.434 e. The van der Waals surface area contributed by atoms with Crippen molar-refractivity contribution in [3.63, 3.8) is 0 Å². The zero-order valence-electron chi connectivity index (χ0n) is 12.5. The number of nitrogens with zero attached hydrogens (tertiary/aromatic N) is 2. The molecule has 7 heteroatoms. The van der Waals surface area contributed by atoms with Crippen LogP contribution in [0.4, 0.5) is 8.78 Å². The average molecular weight is 425 g/mol. The summed E-state index contributed by atoms with van der Waals surface area (Å²) in [5, 5.41) is 0. The third-order valence-electron chi connectivity index (χ3n) is 3.58. The van der Waals surface area contributed by atoms with Gasteiger partial charge in [0.1, 0.15) is 5.75 Å². The van der Waals surface area contributed by atoms with Gasteiger partial charge in [0.15, 0.2) is 5.96 Å². The van der Waals surface area contributed by atoms with Gasteiger partial charge >= 0.3 is 6.61 Å². The second-order valence-electron chi connectivity index (χ2n) is 5.35. The van der Waals surface area contributed by atoms with E-state index < -0.39 is 6.61 Å². The van der Waals surface area contributed by atoms with Crippen LogP contribution in [-0.2, 0) is 6.54 Å². The van der Waals surface area contributed by atoms with Gasteiger partial charge in [0.2, 0.25) is 0 Å². The number of rotatable bonds is 4. The van der Waals surface area contributed by atoms with Crippen molar-refractivity contribution in [1.29, 1.82) is 0 Å². The molecule has 22 heavy (non-hydrogen) atoms. The molecule has 0 aliphatic carbocycles. The number of halogens is 3. The Morgan fingerprint density at radius 3 is 2.86 bits per heavy atom. The maximum absolute atomic E-state index is 12.3. The van der Waals surface area contributed by atoms with Crippen molar-refractivity contribution in [2.24, 2.45) is 16.6 Å². The van der Waals surface area contributed by atoms with Gasteiger partial charge in [0.05, 0.1) is 6.54 Å². The third-order valence-corrected chi connectivity index (χ3v) is 3.58. The van der Waals surface area contributed by atoms with Gasteiger partial charge in [0, 0.05) is 18.7 Å². The highest BCUT2D eigenvalue weighted by Gasteiger charge is 2.17. The van der Waals surface area contributed by atoms with E-state index in [9.17, 15) is 8.78 Å². The molecule has 0 spiro atoms. The van der Waals surface area contributed by atoms with Gasteiger partial charge in [-0.1, -0.05) is 25.1 Å². The van der Waals surface area contributed by atoms with Crippen LogP contribution in [0.3, 0.4) is 0 Å². The predicted molar refractivity (Wildman–Crippen MR) is 93.8 cm³/mol. The number of nitrogens with two attached hydrogens (primary N) is 1. The summed E-state index contributed by atoms with van der Waals surface area (Å²) in [4.78, 5) is 6.36. The molecule has 124 valence electrons. The molecule has 2 rings (SSSR count). The van der Waals surface area contributed by atoms with E-state index in [-0.39, 0.29) is 36.3 Å². The molecule has 1 saturated heterocycles. The van der Waals surface area contributed by atoms with Crippen LogP contribution < -0.4 is 10.5 Å². The van der Waals surface area contributed by atoms with Gasteiger partial charge in [-0.25, -0.2) is 4.99 Å². The highest BCUT2D eigenvalue weighted by molar-refractivity contribution is 14.0. The molecule has 0 bridgehead atoms. The first-order valence-electron chi connectivity index (χ1n) is 7.14. The number of piperidine rings is 1. The predicted octanol–water partition coefficient (Wildman–Crippen LogP) is 3.45. The van der Waals surface area contributed by atoms with Gasteiger partial charge in [-0.3, -0.25) is 0 Å². The van der Waals surface area contributed by atoms with E-state index in [0.29, 0.717) is 17.4 Å². The van der Waals surface area contributed by atoms with Gasteiger partial charge in [0.25, 0.3) is 0 Å². The first kappa shape index (κ1) is 18.9. The van der Waals surface area contributed by atoms with Gasteiger partial charge < -0.3 is 15.4 Å². The standard InChI is InChI=1S/C15H21F2N3O.HI/c1-11-5-4-8-20(10-11)15(18)19-9-12-6-2-3-7-13(12)21-14(16)17;/h2-3,6-7,11,14H,4-5,8-10H2,1H3,(H2,18,19);1H. The molecule has 1 aliphatic rings. The maximum Gasteiger partial charge on any atom is 0.387 e. The highest BCUT2D eigenvalue weighted by atomic mass is 127. The molecule has 1 aromatic rings. The Bertz CT molecular complexity index is 499. The lowest BCUT2D eigenvalue weighted by Crippen LogP contribution is -2.43. The summed E-state index contributed by atoms with van der Waals surface area (Å²) < 4.78 is 29.2. The first-order valence-corrected chi connectivity index (χ1v) is 7.14. The van der Waals surface area contributed by atoms with Crippen molar-refractivity contribution >= 4 is 29.9 Å². The van der Waals surface area contributed by atoms with Crippen molar-refractivity contribution in [1.82, 2.24) is 4.90 Å². The lowest BCUT2D eigenvalue weighted by molar-refractivity contribution is -0.0504. The second-order valence-corrected chi connectivity index (χ2v) is 5.35. The topological polar surface area (TPSA) is 50.8 Å². The van der Waals surface area contributed by atoms with E-state index >= 15 is 0 Å². The van der Waals surface area contributed by atoms with Crippen molar-refractivity contribution < 1.29 is 13.5 Å². The summed E-state index contributed by atoms with van der Waals surface area (Å²) in [6.45, 7) is 1.37. The van der Waals surface area contributed by atoms with Gasteiger partial charge in [-0.15, -0.1) is 24.0 Å². The Morgan fingerprint density at radius 1 is 1.45 bits per heavy atom. The van der Waals surface area contributed by atoms with Crippen LogP contribution in [0.5, 0.6) is 5.75 Å². The molecule has 1 aromatic carbocycles. The van der Waals surface area contributed by atoms with Crippen LogP contribution >= 0.6 is 24.0 Å². The molecular formula is C15H22F2IN3O. The lowest BCUT2D eigenvalue weighted by atomic mass is 10.0. The normalized spacial score (nSPS) is 19.0. The minimum atomic E-state index is -2.84. The number of aliphatic imine (C=N–C) groups is 1. The first-order chi connectivity index (χ1) is 10.1. The Labute approximate surface area is 146 Å². The van der Waals surface area contributed by atoms with Crippen LogP contribution in [0.25, 0.3) is 0 Å². The number of para-hydroxylation sites is 1. The zero-order chi connectivity index (χ0) is 15.2. The van der Waals surface area contributed by atoms with Gasteiger partial charge in [-0.2, -0.15) is 8.78 Å². The molecule has 1 heterocycles. The Kier molecular flexibility index (Phi) is 7.84. The maximum atomic E-state index is 12.3. The fourth-order valence-electron chi connectivity index (χ4n) is 2.51. The molecule has 0 aromatic heterocycles. The third kappa shape index (κ3) is 5.58. The Morgan fingerprint density at radius 2 is 2.18 bits per heavy atom. The van der Waals surface area contributed by atoms with Crippen LogP contribution in [-0.4, -0.2) is 30.6 Å². The summed E-state index contributed by atoms with van der Waals surface area (Å²) in [5.41, 5.74) is 6.60. The quantitative estimate of drug-likeness (QED) is 0.457. The number of hydrogen-bond donors (Lipinski definition) is 1. The smallest absolute Gasteiger partial charge is 0.387 e. The molecule has 1 aliphatic heterocycles. The highest BCUT2D eigenvalue weighted by Crippen LogP contribution is 2.21. The monoisotopic (exact) mass is 425 g/mol. The largest absolute Gasteiger partial charge is 0.434 e. The molecule has 0 amide bonds. The summed E-state index contributed by atoms with van der Waals surface area (Å²) in [7, 11) is 0. The van der Waals surface area contributed by atoms with E-state index in [0.717, 1.165) is 19.5 Å². The fraction of sp³-hybridized carbons (Fsp3) is 0.533. The molecule has 0 saturated carbocycles. The second kappa shape index (κ2) is 9.12. The molecule has 1 atom stereocenters. The minimum absolute atomic E-state index is 0. The van der Waals surface area contributed by atoms with E-state index in [4.69, 9.17) is 5.73 Å². The van der Waals surface area contributed by atoms with Gasteiger partial charge in [-0.05, 0) is 24.8 Å². The molecule has 2 N–H and O–H groups in total. The van der Waals surface area contributed by atoms with E-state index in [1.54, 1.807) is 18.2 Å². The van der Waals surface area contributed by atoms with Crippen molar-refractivity contribution in [2.45, 2.75) is 32.9 Å². The van der Waals surface area contributed by atoms with Crippen LogP contribution in [0.1, 0.15) is 25.3 Å². The molecule has 4 nitrogen and oxygen atoms in total. The average Bonchev–Trinajstić information content (AvgIpc) is 2.45. The lowest BCUT2D eigenvalue weighted by Gasteiger charge is -2.31. The SMILES string of the molecule is CC1CCCN(C(N)=NCc2ccccc2OC(F)F)C1.I. The molecule has 1 unspecified atom stereocenters. The molecule has 1 fully saturated rings. The number of likely N-dealkylation sites (tertiary alicyclic amines) is 1. The van der Waals surface area contributed by atoms with E-state index in [2.05, 4.69) is 16.7 Å². The zero-order valence-corrected chi connectivity index (χ0v) is 14.9. The van der Waals surface area contributed by atoms with Crippen LogP contribution in [0.2, 0.25) is 0 Å². The van der Waals surface area contributed by atoms with Crippen molar-refractivity contribution in [3.05, 3.63) is 29.8 Å². The van der Waals surface area contributed by atoms with E-state index in [1.807, 2.05) is 4.90 Å². The summed E-state index contributed by atoms with van der Waals surface area (Å²) in [6, 6.07) is 6.65. The number of guanidine groups is 1. The van der Waals surface area contributed by atoms with Crippen molar-refractivity contribution in [3.8, 4) is 5.75 Å². The number of ether oxygens (including phenoxy) is 1. The summed E-state index contributed by atoms with van der Waals surface area (Å²) in [6.07, 6.45) is 2.30. The summed E-state index contributed by atoms with van der Waals surface area (Å²) in [5.74, 6) is 1.21. The molecular weight excluding hydrogens is 403 g/mol. The number of hydrogen-bond acceptors (Lipinski definition) is 2. The Hall–Kier alpha value is -1.12. The van der Waals surface area contributed by atoms with E-state index in [1.165, 1.54) is 12.5 Å². The van der Waals surface area contributed by atoms with Crippen molar-refractivity contribution in [2.75, 3.05) is 13.1 Å².